The van der Waals surface area contributed by atoms with Gasteiger partial charge in [-0.1, -0.05) is 31.2 Å². The Morgan fingerprint density at radius 3 is 2.39 bits per heavy atom. The second-order valence-corrected chi connectivity index (χ2v) is 4.22. The first-order valence-electron chi connectivity index (χ1n) is 6.36. The van der Waals surface area contributed by atoms with Gasteiger partial charge in [-0.3, -0.25) is 0 Å². The van der Waals surface area contributed by atoms with Crippen molar-refractivity contribution in [2.75, 3.05) is 19.7 Å². The highest BCUT2D eigenvalue weighted by atomic mass is 19.3. The molecule has 18 heavy (non-hydrogen) atoms. The van der Waals surface area contributed by atoms with E-state index in [0.29, 0.717) is 0 Å². The van der Waals surface area contributed by atoms with Gasteiger partial charge in [-0.25, -0.2) is 8.78 Å². The number of hydrogen-bond donors (Lipinski definition) is 1. The van der Waals surface area contributed by atoms with Gasteiger partial charge in [-0.05, 0) is 37.1 Å². The smallest absolute Gasteiger partial charge is 0.261 e. The SMILES string of the molecule is CCCNCCc1ccc(COCC(F)F)cc1. The molecule has 0 heterocycles. The van der Waals surface area contributed by atoms with E-state index in [2.05, 4.69) is 12.2 Å². The van der Waals surface area contributed by atoms with E-state index in [1.54, 1.807) is 0 Å². The normalized spacial score (nSPS) is 11.1. The average Bonchev–Trinajstić information content (AvgIpc) is 2.36. The summed E-state index contributed by atoms with van der Waals surface area (Å²) in [7, 11) is 0. The van der Waals surface area contributed by atoms with Crippen molar-refractivity contribution in [2.24, 2.45) is 0 Å². The molecule has 1 aromatic carbocycles. The monoisotopic (exact) mass is 257 g/mol. The number of nitrogens with one attached hydrogen (secondary N) is 1. The molecule has 0 aliphatic heterocycles. The Labute approximate surface area is 107 Å². The summed E-state index contributed by atoms with van der Waals surface area (Å²) in [4.78, 5) is 0. The lowest BCUT2D eigenvalue weighted by Gasteiger charge is -2.06. The van der Waals surface area contributed by atoms with Gasteiger partial charge in [0.25, 0.3) is 6.43 Å². The Morgan fingerprint density at radius 2 is 1.78 bits per heavy atom. The summed E-state index contributed by atoms with van der Waals surface area (Å²) >= 11 is 0. The van der Waals surface area contributed by atoms with Crippen LogP contribution in [0.2, 0.25) is 0 Å². The summed E-state index contributed by atoms with van der Waals surface area (Å²) < 4.78 is 28.6. The van der Waals surface area contributed by atoms with Gasteiger partial charge in [0.1, 0.15) is 6.61 Å². The van der Waals surface area contributed by atoms with Crippen LogP contribution in [0.1, 0.15) is 24.5 Å². The molecule has 0 spiro atoms. The van der Waals surface area contributed by atoms with Gasteiger partial charge >= 0.3 is 0 Å². The highest BCUT2D eigenvalue weighted by molar-refractivity contribution is 5.22. The van der Waals surface area contributed by atoms with Gasteiger partial charge in [0.2, 0.25) is 0 Å². The van der Waals surface area contributed by atoms with Crippen molar-refractivity contribution >= 4 is 0 Å². The van der Waals surface area contributed by atoms with Crippen molar-refractivity contribution in [2.45, 2.75) is 32.8 Å². The van der Waals surface area contributed by atoms with E-state index in [-0.39, 0.29) is 6.61 Å². The number of rotatable bonds is 9. The quantitative estimate of drug-likeness (QED) is 0.687. The molecule has 0 radical (unpaired) electrons. The Hall–Kier alpha value is -1.00. The number of alkyl halides is 2. The van der Waals surface area contributed by atoms with E-state index in [4.69, 9.17) is 4.74 Å². The lowest BCUT2D eigenvalue weighted by Crippen LogP contribution is -2.17. The molecule has 102 valence electrons. The molecule has 0 fully saturated rings. The Balaban J connectivity index is 2.24. The van der Waals surface area contributed by atoms with Crippen LogP contribution in [0.4, 0.5) is 8.78 Å². The van der Waals surface area contributed by atoms with Gasteiger partial charge in [-0.15, -0.1) is 0 Å². The molecular formula is C14H21F2NO. The number of hydrogen-bond acceptors (Lipinski definition) is 2. The average molecular weight is 257 g/mol. The lowest BCUT2D eigenvalue weighted by molar-refractivity contribution is 0.00988. The van der Waals surface area contributed by atoms with Crippen molar-refractivity contribution in [3.8, 4) is 0 Å². The van der Waals surface area contributed by atoms with E-state index < -0.39 is 13.0 Å². The fraction of sp³-hybridized carbons (Fsp3) is 0.571. The standard InChI is InChI=1S/C14H21F2NO/c1-2-8-17-9-7-12-3-5-13(6-4-12)10-18-11-14(15)16/h3-6,14,17H,2,7-11H2,1H3. The predicted octanol–water partition coefficient (Wildman–Crippen LogP) is 3.01. The summed E-state index contributed by atoms with van der Waals surface area (Å²) in [6.45, 7) is 3.90. The van der Waals surface area contributed by atoms with Crippen molar-refractivity contribution in [3.63, 3.8) is 0 Å². The summed E-state index contributed by atoms with van der Waals surface area (Å²) in [5.74, 6) is 0. The van der Waals surface area contributed by atoms with Crippen molar-refractivity contribution in [1.82, 2.24) is 5.32 Å². The number of benzene rings is 1. The second kappa shape index (κ2) is 9.00. The molecule has 0 saturated carbocycles. The van der Waals surface area contributed by atoms with Crippen LogP contribution >= 0.6 is 0 Å². The van der Waals surface area contributed by atoms with Crippen LogP contribution in [0, 0.1) is 0 Å². The zero-order chi connectivity index (χ0) is 13.2. The zero-order valence-electron chi connectivity index (χ0n) is 10.8. The minimum Gasteiger partial charge on any atom is -0.371 e. The van der Waals surface area contributed by atoms with Crippen LogP contribution in [-0.2, 0) is 17.8 Å². The minimum absolute atomic E-state index is 0.249. The third-order valence-corrected chi connectivity index (χ3v) is 2.55. The third kappa shape index (κ3) is 6.67. The van der Waals surface area contributed by atoms with Gasteiger partial charge < -0.3 is 10.1 Å². The molecule has 0 unspecified atom stereocenters. The van der Waals surface area contributed by atoms with E-state index in [9.17, 15) is 8.78 Å². The second-order valence-electron chi connectivity index (χ2n) is 4.22. The third-order valence-electron chi connectivity index (χ3n) is 2.55. The zero-order valence-corrected chi connectivity index (χ0v) is 10.8. The molecule has 0 saturated heterocycles. The first kappa shape index (κ1) is 15.1. The maximum atomic E-state index is 11.9. The first-order chi connectivity index (χ1) is 8.72. The van der Waals surface area contributed by atoms with E-state index in [1.165, 1.54) is 5.56 Å². The van der Waals surface area contributed by atoms with Crippen LogP contribution in [-0.4, -0.2) is 26.1 Å². The van der Waals surface area contributed by atoms with Crippen molar-refractivity contribution in [1.29, 1.82) is 0 Å². The molecule has 0 aliphatic rings. The van der Waals surface area contributed by atoms with Crippen LogP contribution < -0.4 is 5.32 Å². The molecule has 2 nitrogen and oxygen atoms in total. The molecule has 0 aromatic heterocycles. The molecular weight excluding hydrogens is 236 g/mol. The van der Waals surface area contributed by atoms with Gasteiger partial charge in [-0.2, -0.15) is 0 Å². The number of halogens is 2. The Bertz CT molecular complexity index is 314. The highest BCUT2D eigenvalue weighted by Crippen LogP contribution is 2.07. The number of ether oxygens (including phenoxy) is 1. The fourth-order valence-electron chi connectivity index (χ4n) is 1.60. The predicted molar refractivity (Wildman–Crippen MR) is 69.0 cm³/mol. The summed E-state index contributed by atoms with van der Waals surface area (Å²) in [6.07, 6.45) is -0.271. The molecule has 4 heteroatoms. The molecule has 0 bridgehead atoms. The van der Waals surface area contributed by atoms with Crippen LogP contribution in [0.3, 0.4) is 0 Å². The highest BCUT2D eigenvalue weighted by Gasteiger charge is 2.02. The van der Waals surface area contributed by atoms with E-state index >= 15 is 0 Å². The van der Waals surface area contributed by atoms with E-state index in [1.807, 2.05) is 24.3 Å². The maximum Gasteiger partial charge on any atom is 0.261 e. The molecule has 0 aliphatic carbocycles. The molecule has 0 amide bonds. The summed E-state index contributed by atoms with van der Waals surface area (Å²) in [5, 5.41) is 3.34. The van der Waals surface area contributed by atoms with Crippen LogP contribution in [0.25, 0.3) is 0 Å². The van der Waals surface area contributed by atoms with Crippen LogP contribution in [0.5, 0.6) is 0 Å². The minimum atomic E-state index is -2.39. The van der Waals surface area contributed by atoms with Crippen molar-refractivity contribution < 1.29 is 13.5 Å². The first-order valence-corrected chi connectivity index (χ1v) is 6.36. The van der Waals surface area contributed by atoms with Crippen LogP contribution in [0.15, 0.2) is 24.3 Å². The van der Waals surface area contributed by atoms with E-state index in [0.717, 1.165) is 31.5 Å². The molecule has 1 aromatic rings. The van der Waals surface area contributed by atoms with Gasteiger partial charge in [0.15, 0.2) is 0 Å². The maximum absolute atomic E-state index is 11.9. The van der Waals surface area contributed by atoms with Gasteiger partial charge in [0.05, 0.1) is 6.61 Å². The topological polar surface area (TPSA) is 21.3 Å². The Kier molecular flexibility index (Phi) is 7.53. The van der Waals surface area contributed by atoms with Gasteiger partial charge in [0, 0.05) is 0 Å². The molecule has 1 rings (SSSR count). The summed E-state index contributed by atoms with van der Waals surface area (Å²) in [5.41, 5.74) is 2.18. The largest absolute Gasteiger partial charge is 0.371 e. The Morgan fingerprint density at radius 1 is 1.11 bits per heavy atom. The van der Waals surface area contributed by atoms with Crippen molar-refractivity contribution in [3.05, 3.63) is 35.4 Å². The molecule has 1 N–H and O–H groups in total. The molecule has 0 atom stereocenters. The lowest BCUT2D eigenvalue weighted by atomic mass is 10.1. The fourth-order valence-corrected chi connectivity index (χ4v) is 1.60. The summed E-state index contributed by atoms with van der Waals surface area (Å²) in [6, 6.07) is 7.91.